The van der Waals surface area contributed by atoms with E-state index in [-0.39, 0.29) is 65.4 Å². The summed E-state index contributed by atoms with van der Waals surface area (Å²) in [5.74, 6) is 0. The van der Waals surface area contributed by atoms with Crippen LogP contribution < -0.4 is 0 Å². The van der Waals surface area contributed by atoms with Crippen LogP contribution in [0.4, 0.5) is 0 Å². The second-order valence-electron chi connectivity index (χ2n) is 0.707. The second-order valence-corrected chi connectivity index (χ2v) is 0.707. The summed E-state index contributed by atoms with van der Waals surface area (Å²) in [5, 5.41) is 0. The van der Waals surface area contributed by atoms with Crippen LogP contribution in [-0.4, -0.2) is 0 Å². The minimum Gasteiger partial charge on any atom is -0.346 e. The van der Waals surface area contributed by atoms with Crippen molar-refractivity contribution in [2.24, 2.45) is 0 Å². The number of hydrogen-bond acceptors (Lipinski definition) is 0. The van der Waals surface area contributed by atoms with Crippen LogP contribution in [0, 0.1) is 27.7 Å². The number of hydrogen-bond donors (Lipinski definition) is 0. The minimum absolute atomic E-state index is 0. The third kappa shape index (κ3) is 971. The van der Waals surface area contributed by atoms with Crippen molar-refractivity contribution in [2.45, 2.75) is 110 Å². The van der Waals surface area contributed by atoms with Crippen molar-refractivity contribution in [3.8, 4) is 0 Å². The molecule has 22 heavy (non-hydrogen) atoms. The molecule has 0 saturated heterocycles. The third-order valence-electron chi connectivity index (χ3n) is 0.250. The van der Waals surface area contributed by atoms with E-state index >= 15 is 0 Å². The molecule has 0 bridgehead atoms. The van der Waals surface area contributed by atoms with Crippen LogP contribution in [0.3, 0.4) is 0 Å². The van der Waals surface area contributed by atoms with Crippen molar-refractivity contribution in [1.82, 2.24) is 0 Å². The van der Waals surface area contributed by atoms with Gasteiger partial charge in [-0.2, -0.15) is 13.8 Å². The Morgan fingerprint density at radius 2 is 0.409 bits per heavy atom. The van der Waals surface area contributed by atoms with Crippen molar-refractivity contribution in [3.05, 3.63) is 27.7 Å². The molecule has 0 atom stereocenters. The molecule has 0 aliphatic rings. The Bertz CT molecular complexity index is 11.7. The predicted molar refractivity (Wildman–Crippen MR) is 110 cm³/mol. The Morgan fingerprint density at radius 3 is 0.409 bits per heavy atom. The van der Waals surface area contributed by atoms with Crippen LogP contribution in [0.5, 0.6) is 0 Å². The Labute approximate surface area is 200 Å². The first-order valence-electron chi connectivity index (χ1n) is 8.91. The van der Waals surface area contributed by atoms with Gasteiger partial charge in [-0.3, -0.25) is 0 Å². The molecule has 144 valence electrons. The quantitative estimate of drug-likeness (QED) is 0.334. The third-order valence-corrected chi connectivity index (χ3v) is 0.250. The standard InChI is InChI=1S/C4H8.6C2H6.2C2H5.2Y/c1-3-4-2;8*1-2;;/h1-4H2;6*1-2H3;2*1H2,2H3;;/q-2;;;;;;;2*-1;;. The molecule has 0 fully saturated rings. The first-order chi connectivity index (χ1) is 9.91. The molecule has 0 saturated carbocycles. The van der Waals surface area contributed by atoms with Gasteiger partial charge in [0.05, 0.1) is 0 Å². The van der Waals surface area contributed by atoms with Gasteiger partial charge in [0.15, 0.2) is 0 Å². The van der Waals surface area contributed by atoms with Crippen molar-refractivity contribution in [3.63, 3.8) is 0 Å². The van der Waals surface area contributed by atoms with Gasteiger partial charge < -0.3 is 27.7 Å². The summed E-state index contributed by atoms with van der Waals surface area (Å²) in [6, 6.07) is 0. The molecule has 2 heteroatoms. The molecule has 0 aromatic carbocycles. The van der Waals surface area contributed by atoms with Gasteiger partial charge in [-0.1, -0.05) is 83.1 Å². The van der Waals surface area contributed by atoms with Gasteiger partial charge >= 0.3 is 0 Å². The Balaban J connectivity index is -0.00000000693. The fourth-order valence-electron chi connectivity index (χ4n) is 0. The normalized spacial score (nSPS) is 3.55. The summed E-state index contributed by atoms with van der Waals surface area (Å²) in [6.07, 6.45) is 1.92. The topological polar surface area (TPSA) is 0 Å². The first-order valence-corrected chi connectivity index (χ1v) is 8.91. The van der Waals surface area contributed by atoms with E-state index in [1.807, 2.05) is 83.1 Å². The van der Waals surface area contributed by atoms with Gasteiger partial charge in [0.1, 0.15) is 0 Å². The van der Waals surface area contributed by atoms with Crippen molar-refractivity contribution >= 4 is 0 Å². The molecule has 0 nitrogen and oxygen atoms in total. The Kier molecular flexibility index (Phi) is 2200. The van der Waals surface area contributed by atoms with Crippen molar-refractivity contribution in [1.29, 1.82) is 0 Å². The minimum atomic E-state index is 0. The smallest absolute Gasteiger partial charge is 0 e. The van der Waals surface area contributed by atoms with E-state index in [9.17, 15) is 0 Å². The van der Waals surface area contributed by atoms with Crippen molar-refractivity contribution in [2.75, 3.05) is 0 Å². The first kappa shape index (κ1) is 74.7. The number of unbranched alkanes of at least 4 members (excludes halogenated alkanes) is 1. The largest absolute Gasteiger partial charge is 0.346 e. The maximum atomic E-state index is 3.54. The average Bonchev–Trinajstić information content (AvgIpc) is 2.68. The Hall–Kier alpha value is 2.21. The molecule has 0 unspecified atom stereocenters. The van der Waals surface area contributed by atoms with Gasteiger partial charge in [0.25, 0.3) is 0 Å². The molecular weight excluding hydrogens is 418 g/mol. The zero-order chi connectivity index (χ0) is 19.4. The summed E-state index contributed by atoms with van der Waals surface area (Å²) >= 11 is 0. The Morgan fingerprint density at radius 1 is 0.364 bits per heavy atom. The van der Waals surface area contributed by atoms with Gasteiger partial charge in [0.2, 0.25) is 0 Å². The average molecular weight is 472 g/mol. The van der Waals surface area contributed by atoms with Crippen LogP contribution in [0.25, 0.3) is 0 Å². The maximum Gasteiger partial charge on any atom is 0 e. The van der Waals surface area contributed by atoms with Gasteiger partial charge in [-0.25, -0.2) is 12.8 Å². The van der Waals surface area contributed by atoms with Crippen molar-refractivity contribution < 1.29 is 65.4 Å². The maximum absolute atomic E-state index is 3.54. The predicted octanol–water partition coefficient (Wildman–Crippen LogP) is 9.27. The molecule has 0 aromatic heterocycles. The van der Waals surface area contributed by atoms with Crippen LogP contribution >= 0.6 is 0 Å². The van der Waals surface area contributed by atoms with Crippen LogP contribution in [0.15, 0.2) is 0 Å². The molecular formula is C20H54Y2-4. The molecule has 0 aromatic rings. The van der Waals surface area contributed by atoms with Gasteiger partial charge in [-0.15, -0.1) is 0 Å². The van der Waals surface area contributed by atoms with E-state index in [4.69, 9.17) is 0 Å². The van der Waals surface area contributed by atoms with Crippen LogP contribution in [0.2, 0.25) is 0 Å². The monoisotopic (exact) mass is 472 g/mol. The summed E-state index contributed by atoms with van der Waals surface area (Å²) in [4.78, 5) is 0. The fourth-order valence-corrected chi connectivity index (χ4v) is 0. The molecule has 0 amide bonds. The van der Waals surface area contributed by atoms with Crippen LogP contribution in [-0.2, 0) is 65.4 Å². The van der Waals surface area contributed by atoms with Crippen LogP contribution in [0.1, 0.15) is 110 Å². The van der Waals surface area contributed by atoms with E-state index in [2.05, 4.69) is 27.7 Å². The zero-order valence-electron chi connectivity index (χ0n) is 19.4. The van der Waals surface area contributed by atoms with E-state index in [0.29, 0.717) is 0 Å². The van der Waals surface area contributed by atoms with Gasteiger partial charge in [0, 0.05) is 65.4 Å². The summed E-state index contributed by atoms with van der Waals surface area (Å²) in [6.45, 7) is 41.1. The molecule has 2 radical (unpaired) electrons. The fraction of sp³-hybridized carbons (Fsp3) is 0.800. The SMILES string of the molecule is CC.CC.CC.CC.CC.CC.[CH2-]C.[CH2-]C.[CH2-]CC[CH2-].[Y].[Y]. The van der Waals surface area contributed by atoms with E-state index in [1.54, 1.807) is 13.8 Å². The van der Waals surface area contributed by atoms with Gasteiger partial charge in [-0.05, 0) is 0 Å². The molecule has 0 N–H and O–H groups in total. The zero-order valence-corrected chi connectivity index (χ0v) is 25.1. The number of rotatable bonds is 1. The molecule has 0 aliphatic heterocycles. The molecule has 0 rings (SSSR count). The van der Waals surface area contributed by atoms with E-state index in [0.717, 1.165) is 12.8 Å². The molecule has 0 heterocycles. The second kappa shape index (κ2) is 646. The summed E-state index contributed by atoms with van der Waals surface area (Å²) in [5.41, 5.74) is 0. The molecule has 0 aliphatic carbocycles. The molecule has 0 spiro atoms. The van der Waals surface area contributed by atoms with E-state index in [1.165, 1.54) is 0 Å². The summed E-state index contributed by atoms with van der Waals surface area (Å²) < 4.78 is 0. The van der Waals surface area contributed by atoms with E-state index < -0.39 is 0 Å². The summed E-state index contributed by atoms with van der Waals surface area (Å²) in [7, 11) is 0.